The van der Waals surface area contributed by atoms with Crippen molar-refractivity contribution in [1.82, 2.24) is 15.1 Å². The monoisotopic (exact) mass is 598 g/mol. The summed E-state index contributed by atoms with van der Waals surface area (Å²) in [5.74, 6) is -3.43. The Hall–Kier alpha value is -4.27. The van der Waals surface area contributed by atoms with Gasteiger partial charge in [0.05, 0.1) is 56.4 Å². The van der Waals surface area contributed by atoms with Crippen LogP contribution >= 0.6 is 0 Å². The van der Waals surface area contributed by atoms with E-state index < -0.39 is 29.7 Å². The Morgan fingerprint density at radius 1 is 0.837 bits per heavy atom. The number of imide groups is 3. The minimum Gasteiger partial charge on any atom is -0.379 e. The second-order valence-electron chi connectivity index (χ2n) is 10.0. The molecule has 4 rings (SSSR count). The van der Waals surface area contributed by atoms with Crippen LogP contribution in [-0.2, 0) is 38.2 Å². The maximum absolute atomic E-state index is 13.1. The first kappa shape index (κ1) is 31.7. The number of nitrogens with one attached hydrogen (secondary N) is 2. The van der Waals surface area contributed by atoms with Crippen LogP contribution in [0.15, 0.2) is 30.4 Å². The Bertz CT molecular complexity index is 1290. The molecule has 14 nitrogen and oxygen atoms in total. The van der Waals surface area contributed by atoms with E-state index in [9.17, 15) is 33.6 Å². The molecule has 1 unspecified atom stereocenters. The maximum atomic E-state index is 13.1. The van der Waals surface area contributed by atoms with Crippen molar-refractivity contribution in [3.63, 3.8) is 0 Å². The lowest BCUT2D eigenvalue weighted by Gasteiger charge is -2.27. The fraction of sp³-hybridized carbons (Fsp3) is 0.483. The standard InChI is InChI=1S/C29H34N4O10/c34-22(7-2-1-3-13-41-15-17-43-18-16-42-14-12-32-24(36)10-11-25(32)37)30-20-6-4-5-19-26(20)29(40)33(28(19)39)21-8-9-23(35)31-27(21)38/h4-6,10-11,21H,1-3,7-9,12-18H2,(H,30,34)(H,31,35,38). The summed E-state index contributed by atoms with van der Waals surface area (Å²) in [6.07, 6.45) is 4.83. The van der Waals surface area contributed by atoms with Crippen LogP contribution in [0.4, 0.5) is 5.69 Å². The van der Waals surface area contributed by atoms with Crippen molar-refractivity contribution in [2.75, 3.05) is 51.5 Å². The van der Waals surface area contributed by atoms with Crippen LogP contribution in [-0.4, -0.2) is 103 Å². The smallest absolute Gasteiger partial charge is 0.264 e. The van der Waals surface area contributed by atoms with Gasteiger partial charge in [0, 0.05) is 31.6 Å². The first-order chi connectivity index (χ1) is 20.8. The molecule has 3 heterocycles. The van der Waals surface area contributed by atoms with E-state index in [0.29, 0.717) is 39.5 Å². The lowest BCUT2D eigenvalue weighted by molar-refractivity contribution is -0.138. The van der Waals surface area contributed by atoms with Crippen LogP contribution < -0.4 is 10.6 Å². The third-order valence-corrected chi connectivity index (χ3v) is 7.04. The molecule has 0 bridgehead atoms. The number of rotatable bonds is 17. The number of hydrogen-bond acceptors (Lipinski definition) is 10. The Morgan fingerprint density at radius 3 is 2.21 bits per heavy atom. The van der Waals surface area contributed by atoms with Gasteiger partial charge >= 0.3 is 0 Å². The zero-order chi connectivity index (χ0) is 30.8. The van der Waals surface area contributed by atoms with Crippen molar-refractivity contribution in [1.29, 1.82) is 0 Å². The zero-order valence-corrected chi connectivity index (χ0v) is 23.6. The number of carbonyl (C=O) groups excluding carboxylic acids is 7. The number of fused-ring (bicyclic) bond motifs is 1. The lowest BCUT2D eigenvalue weighted by Crippen LogP contribution is -2.54. The molecule has 1 aromatic carbocycles. The van der Waals surface area contributed by atoms with Crippen molar-refractivity contribution in [2.45, 2.75) is 44.6 Å². The molecule has 43 heavy (non-hydrogen) atoms. The predicted molar refractivity (Wildman–Crippen MR) is 149 cm³/mol. The van der Waals surface area contributed by atoms with Crippen LogP contribution in [0.1, 0.15) is 59.2 Å². The third kappa shape index (κ3) is 8.18. The summed E-state index contributed by atoms with van der Waals surface area (Å²) in [4.78, 5) is 87.1. The molecule has 0 aliphatic carbocycles. The zero-order valence-electron chi connectivity index (χ0n) is 23.6. The van der Waals surface area contributed by atoms with Gasteiger partial charge in [0.1, 0.15) is 6.04 Å². The van der Waals surface area contributed by atoms with Gasteiger partial charge in [-0.15, -0.1) is 0 Å². The van der Waals surface area contributed by atoms with Gasteiger partial charge < -0.3 is 19.5 Å². The molecular weight excluding hydrogens is 564 g/mol. The summed E-state index contributed by atoms with van der Waals surface area (Å²) in [5.41, 5.74) is 0.352. The second kappa shape index (κ2) is 15.3. The summed E-state index contributed by atoms with van der Waals surface area (Å²) in [6.45, 7) is 2.44. The van der Waals surface area contributed by atoms with Crippen LogP contribution in [0.25, 0.3) is 0 Å². The number of unbranched alkanes of at least 4 members (excludes halogenated alkanes) is 2. The number of ether oxygens (including phenoxy) is 3. The van der Waals surface area contributed by atoms with Crippen LogP contribution in [0.2, 0.25) is 0 Å². The number of anilines is 1. The average molecular weight is 599 g/mol. The van der Waals surface area contributed by atoms with Gasteiger partial charge in [0.25, 0.3) is 23.6 Å². The van der Waals surface area contributed by atoms with E-state index >= 15 is 0 Å². The molecule has 1 aromatic rings. The van der Waals surface area contributed by atoms with Crippen molar-refractivity contribution in [3.8, 4) is 0 Å². The second-order valence-corrected chi connectivity index (χ2v) is 10.0. The molecule has 1 fully saturated rings. The predicted octanol–water partition coefficient (Wildman–Crippen LogP) is 0.562. The topological polar surface area (TPSA) is 178 Å². The highest BCUT2D eigenvalue weighted by molar-refractivity contribution is 6.26. The van der Waals surface area contributed by atoms with Gasteiger partial charge in [0.15, 0.2) is 0 Å². The van der Waals surface area contributed by atoms with Gasteiger partial charge in [-0.2, -0.15) is 0 Å². The highest BCUT2D eigenvalue weighted by Crippen LogP contribution is 2.32. The lowest BCUT2D eigenvalue weighted by atomic mass is 10.0. The molecule has 1 atom stereocenters. The quantitative estimate of drug-likeness (QED) is 0.190. The number of amides is 7. The molecule has 230 valence electrons. The van der Waals surface area contributed by atoms with Crippen LogP contribution in [0.3, 0.4) is 0 Å². The average Bonchev–Trinajstić information content (AvgIpc) is 3.43. The van der Waals surface area contributed by atoms with E-state index in [2.05, 4.69) is 10.6 Å². The Labute approximate surface area is 247 Å². The first-order valence-electron chi connectivity index (χ1n) is 14.2. The highest BCUT2D eigenvalue weighted by atomic mass is 16.5. The SMILES string of the molecule is O=C1CCC(N2C(=O)c3cccc(NC(=O)CCCCCOCCOCCOCCN4C(=O)C=CC4=O)c3C2=O)C(=O)N1. The number of nitrogens with zero attached hydrogens (tertiary/aromatic N) is 2. The molecular formula is C29H34N4O10. The van der Waals surface area contributed by atoms with Gasteiger partial charge in [-0.1, -0.05) is 12.5 Å². The van der Waals surface area contributed by atoms with Gasteiger partial charge in [-0.25, -0.2) is 0 Å². The van der Waals surface area contributed by atoms with Crippen molar-refractivity contribution >= 4 is 47.0 Å². The summed E-state index contributed by atoms with van der Waals surface area (Å²) in [6, 6.07) is 3.49. The highest BCUT2D eigenvalue weighted by Gasteiger charge is 2.45. The van der Waals surface area contributed by atoms with Crippen molar-refractivity contribution in [2.24, 2.45) is 0 Å². The van der Waals surface area contributed by atoms with Gasteiger partial charge in [0.2, 0.25) is 17.7 Å². The summed E-state index contributed by atoms with van der Waals surface area (Å²) >= 11 is 0. The summed E-state index contributed by atoms with van der Waals surface area (Å²) in [5, 5.41) is 4.87. The Balaban J connectivity index is 1.05. The first-order valence-corrected chi connectivity index (χ1v) is 14.2. The molecule has 7 amide bonds. The van der Waals surface area contributed by atoms with Gasteiger partial charge in [-0.3, -0.25) is 48.7 Å². The fourth-order valence-corrected chi connectivity index (χ4v) is 4.85. The molecule has 1 saturated heterocycles. The summed E-state index contributed by atoms with van der Waals surface area (Å²) < 4.78 is 16.3. The molecule has 3 aliphatic heterocycles. The number of piperidine rings is 1. The fourth-order valence-electron chi connectivity index (χ4n) is 4.85. The number of carbonyl (C=O) groups is 7. The van der Waals surface area contributed by atoms with Crippen LogP contribution in [0.5, 0.6) is 0 Å². The van der Waals surface area contributed by atoms with Crippen molar-refractivity contribution < 1.29 is 47.8 Å². The Kier molecular flexibility index (Phi) is 11.2. The summed E-state index contributed by atoms with van der Waals surface area (Å²) in [7, 11) is 0. The van der Waals surface area contributed by atoms with Crippen molar-refractivity contribution in [3.05, 3.63) is 41.5 Å². The molecule has 0 spiro atoms. The number of benzene rings is 1. The molecule has 0 aromatic heterocycles. The van der Waals surface area contributed by atoms with E-state index in [1.165, 1.54) is 24.3 Å². The van der Waals surface area contributed by atoms with Gasteiger partial charge in [-0.05, 0) is 31.4 Å². The normalized spacial score (nSPS) is 18.1. The molecule has 3 aliphatic rings. The molecule has 14 heteroatoms. The van der Waals surface area contributed by atoms with E-state index in [4.69, 9.17) is 14.2 Å². The minimum atomic E-state index is -1.08. The Morgan fingerprint density at radius 2 is 1.51 bits per heavy atom. The maximum Gasteiger partial charge on any atom is 0.264 e. The molecule has 2 N–H and O–H groups in total. The van der Waals surface area contributed by atoms with E-state index in [1.807, 2.05) is 0 Å². The third-order valence-electron chi connectivity index (χ3n) is 7.04. The number of hydrogen-bond donors (Lipinski definition) is 2. The van der Waals surface area contributed by atoms with E-state index in [1.54, 1.807) is 6.07 Å². The van der Waals surface area contributed by atoms with E-state index in [0.717, 1.165) is 22.6 Å². The van der Waals surface area contributed by atoms with Crippen LogP contribution in [0, 0.1) is 0 Å². The molecule has 0 saturated carbocycles. The largest absolute Gasteiger partial charge is 0.379 e. The van der Waals surface area contributed by atoms with E-state index in [-0.39, 0.29) is 66.9 Å². The molecule has 0 radical (unpaired) electrons. The minimum absolute atomic E-state index is 0.0242.